The Kier molecular flexibility index (Phi) is 9.10. The predicted octanol–water partition coefficient (Wildman–Crippen LogP) is 2.31. The van der Waals surface area contributed by atoms with E-state index in [2.05, 4.69) is 9.80 Å². The summed E-state index contributed by atoms with van der Waals surface area (Å²) >= 11 is 0. The molecule has 2 N–H and O–H groups in total. The maximum Gasteiger partial charge on any atom is 0.285 e. The van der Waals surface area contributed by atoms with E-state index in [1.165, 1.54) is 18.2 Å². The molecule has 0 saturated carbocycles. The first kappa shape index (κ1) is 26.0. The molecular weight excluding hydrogens is 456 g/mol. The lowest BCUT2D eigenvalue weighted by Gasteiger charge is -2.35. The highest BCUT2D eigenvalue weighted by molar-refractivity contribution is 5.99. The number of piperazine rings is 1. The van der Waals surface area contributed by atoms with Gasteiger partial charge in [0, 0.05) is 50.9 Å². The van der Waals surface area contributed by atoms with Gasteiger partial charge in [-0.15, -0.1) is 0 Å². The van der Waals surface area contributed by atoms with Crippen molar-refractivity contribution < 1.29 is 28.7 Å². The molecule has 11 nitrogen and oxygen atoms in total. The monoisotopic (exact) mass is 488 g/mol. The normalized spacial score (nSPS) is 14.4. The Labute approximate surface area is 204 Å². The van der Waals surface area contributed by atoms with Crippen LogP contribution in [0.5, 0.6) is 23.0 Å². The number of nitrogens with zero attached hydrogens (tertiary/aromatic N) is 3. The third kappa shape index (κ3) is 6.31. The molecule has 1 aliphatic heterocycles. The number of amides is 1. The number of nitro groups is 1. The minimum absolute atomic E-state index is 0.139. The quantitative estimate of drug-likeness (QED) is 0.272. The topological polar surface area (TPSA) is 130 Å². The second-order valence-electron chi connectivity index (χ2n) is 8.08. The Bertz CT molecular complexity index is 1040. The first-order valence-corrected chi connectivity index (χ1v) is 11.3. The van der Waals surface area contributed by atoms with Gasteiger partial charge in [0.2, 0.25) is 5.75 Å². The van der Waals surface area contributed by atoms with Crippen LogP contribution in [0.25, 0.3) is 0 Å². The molecule has 0 spiro atoms. The van der Waals surface area contributed by atoms with Crippen LogP contribution in [-0.2, 0) is 6.54 Å². The van der Waals surface area contributed by atoms with Gasteiger partial charge in [0.1, 0.15) is 5.75 Å². The third-order valence-electron chi connectivity index (χ3n) is 5.97. The summed E-state index contributed by atoms with van der Waals surface area (Å²) in [6, 6.07) is 8.13. The summed E-state index contributed by atoms with van der Waals surface area (Å²) < 4.78 is 22.1. The first-order chi connectivity index (χ1) is 16.9. The zero-order valence-electron chi connectivity index (χ0n) is 20.3. The molecule has 3 rings (SSSR count). The molecule has 2 aromatic rings. The van der Waals surface area contributed by atoms with Crippen molar-refractivity contribution in [3.05, 3.63) is 51.6 Å². The molecule has 0 bridgehead atoms. The molecule has 1 saturated heterocycles. The van der Waals surface area contributed by atoms with Crippen LogP contribution in [0.4, 0.5) is 5.69 Å². The van der Waals surface area contributed by atoms with Crippen molar-refractivity contribution in [2.24, 2.45) is 5.73 Å². The summed E-state index contributed by atoms with van der Waals surface area (Å²) in [5.74, 6) is 1.17. The molecule has 190 valence electrons. The molecule has 0 aromatic heterocycles. The summed E-state index contributed by atoms with van der Waals surface area (Å²) in [7, 11) is 4.82. The number of rotatable bonds is 12. The Morgan fingerprint density at radius 2 is 1.66 bits per heavy atom. The van der Waals surface area contributed by atoms with E-state index >= 15 is 0 Å². The fraction of sp³-hybridized carbons (Fsp3) is 0.458. The number of nitrogens with two attached hydrogens (primary N) is 1. The summed E-state index contributed by atoms with van der Waals surface area (Å²) in [5.41, 5.74) is 5.82. The molecule has 1 heterocycles. The van der Waals surface area contributed by atoms with Crippen molar-refractivity contribution in [3.8, 4) is 23.0 Å². The number of methoxy groups -OCH3 is 3. The van der Waals surface area contributed by atoms with Crippen LogP contribution in [0.2, 0.25) is 0 Å². The molecule has 1 fully saturated rings. The van der Waals surface area contributed by atoms with Crippen molar-refractivity contribution in [3.63, 3.8) is 0 Å². The summed E-state index contributed by atoms with van der Waals surface area (Å²) in [6.45, 7) is 5.48. The van der Waals surface area contributed by atoms with Crippen molar-refractivity contribution in [1.29, 1.82) is 0 Å². The molecule has 11 heteroatoms. The fourth-order valence-electron chi connectivity index (χ4n) is 4.21. The van der Waals surface area contributed by atoms with Crippen LogP contribution in [0.3, 0.4) is 0 Å². The molecule has 2 aromatic carbocycles. The number of carbonyl (C=O) groups excluding carboxylic acids is 1. The van der Waals surface area contributed by atoms with Gasteiger partial charge < -0.3 is 29.6 Å². The fourth-order valence-corrected chi connectivity index (χ4v) is 4.21. The molecule has 35 heavy (non-hydrogen) atoms. The molecule has 1 amide bonds. The maximum atomic E-state index is 11.7. The zero-order chi connectivity index (χ0) is 25.4. The van der Waals surface area contributed by atoms with Crippen LogP contribution in [0, 0.1) is 10.1 Å². The van der Waals surface area contributed by atoms with Gasteiger partial charge in [-0.3, -0.25) is 19.8 Å². The number of benzene rings is 2. The van der Waals surface area contributed by atoms with Crippen LogP contribution >= 0.6 is 0 Å². The largest absolute Gasteiger partial charge is 0.493 e. The minimum atomic E-state index is -0.880. The Morgan fingerprint density at radius 1 is 0.971 bits per heavy atom. The average molecular weight is 489 g/mol. The van der Waals surface area contributed by atoms with E-state index in [9.17, 15) is 14.9 Å². The van der Waals surface area contributed by atoms with Gasteiger partial charge in [-0.1, -0.05) is 12.1 Å². The molecular formula is C24H32N4O7. The summed E-state index contributed by atoms with van der Waals surface area (Å²) in [4.78, 5) is 26.9. The van der Waals surface area contributed by atoms with E-state index in [1.807, 2.05) is 12.1 Å². The SMILES string of the molecule is COc1ccc(CN2CCN(CCCOc3cccc([N+](=O)[O-])c3C(N)=O)CC2)c(OC)c1OC. The number of hydrogen-bond donors (Lipinski definition) is 1. The average Bonchev–Trinajstić information content (AvgIpc) is 2.86. The van der Waals surface area contributed by atoms with Gasteiger partial charge in [-0.05, 0) is 18.6 Å². The van der Waals surface area contributed by atoms with Crippen LogP contribution in [0.1, 0.15) is 22.3 Å². The van der Waals surface area contributed by atoms with E-state index < -0.39 is 10.8 Å². The lowest BCUT2D eigenvalue weighted by atomic mass is 10.1. The highest BCUT2D eigenvalue weighted by Gasteiger charge is 2.24. The minimum Gasteiger partial charge on any atom is -0.493 e. The maximum absolute atomic E-state index is 11.7. The molecule has 0 unspecified atom stereocenters. The smallest absolute Gasteiger partial charge is 0.285 e. The second kappa shape index (κ2) is 12.2. The predicted molar refractivity (Wildman–Crippen MR) is 130 cm³/mol. The molecule has 1 aliphatic rings. The number of carbonyl (C=O) groups is 1. The van der Waals surface area contributed by atoms with Gasteiger partial charge in [0.05, 0.1) is 32.9 Å². The van der Waals surface area contributed by atoms with Crippen molar-refractivity contribution >= 4 is 11.6 Å². The lowest BCUT2D eigenvalue weighted by Crippen LogP contribution is -2.46. The molecule has 0 radical (unpaired) electrons. The summed E-state index contributed by atoms with van der Waals surface area (Å²) in [5, 5.41) is 11.2. The standard InChI is InChI=1S/C24H32N4O7/c1-32-20-9-8-17(22(33-2)23(20)34-3)16-27-13-11-26(12-14-27)10-5-15-35-19-7-4-6-18(28(30)31)21(19)24(25)29/h4,6-9H,5,10-16H2,1-3H3,(H2,25,29). The number of ether oxygens (including phenoxy) is 4. The van der Waals surface area contributed by atoms with Crippen molar-refractivity contribution in [1.82, 2.24) is 9.80 Å². The Hall–Kier alpha value is -3.57. The van der Waals surface area contributed by atoms with Gasteiger partial charge >= 0.3 is 0 Å². The molecule has 0 atom stereocenters. The van der Waals surface area contributed by atoms with Crippen LogP contribution in [-0.4, -0.2) is 81.3 Å². The first-order valence-electron chi connectivity index (χ1n) is 11.3. The van der Waals surface area contributed by atoms with E-state index in [4.69, 9.17) is 24.7 Å². The van der Waals surface area contributed by atoms with E-state index in [1.54, 1.807) is 21.3 Å². The van der Waals surface area contributed by atoms with Crippen molar-refractivity contribution in [2.75, 3.05) is 60.7 Å². The number of primary amides is 1. The number of nitro benzene ring substituents is 1. The highest BCUT2D eigenvalue weighted by Crippen LogP contribution is 2.40. The Balaban J connectivity index is 1.48. The lowest BCUT2D eigenvalue weighted by molar-refractivity contribution is -0.385. The summed E-state index contributed by atoms with van der Waals surface area (Å²) in [6.07, 6.45) is 0.713. The van der Waals surface area contributed by atoms with Crippen LogP contribution < -0.4 is 24.7 Å². The highest BCUT2D eigenvalue weighted by atomic mass is 16.6. The van der Waals surface area contributed by atoms with Gasteiger partial charge in [0.15, 0.2) is 17.1 Å². The van der Waals surface area contributed by atoms with E-state index in [0.29, 0.717) is 30.3 Å². The number of hydrogen-bond acceptors (Lipinski definition) is 9. The van der Waals surface area contributed by atoms with Gasteiger partial charge in [0.25, 0.3) is 11.6 Å². The van der Waals surface area contributed by atoms with Crippen LogP contribution in [0.15, 0.2) is 30.3 Å². The van der Waals surface area contributed by atoms with E-state index in [-0.39, 0.29) is 17.0 Å². The van der Waals surface area contributed by atoms with Gasteiger partial charge in [-0.2, -0.15) is 0 Å². The van der Waals surface area contributed by atoms with E-state index in [0.717, 1.165) is 44.8 Å². The molecule has 0 aliphatic carbocycles. The van der Waals surface area contributed by atoms with Gasteiger partial charge in [-0.25, -0.2) is 0 Å². The third-order valence-corrected chi connectivity index (χ3v) is 5.97. The Morgan fingerprint density at radius 3 is 2.26 bits per heavy atom. The zero-order valence-corrected chi connectivity index (χ0v) is 20.3. The second-order valence-corrected chi connectivity index (χ2v) is 8.08. The van der Waals surface area contributed by atoms with Crippen molar-refractivity contribution in [2.45, 2.75) is 13.0 Å².